The number of ether oxygens (including phenoxy) is 3. The largest absolute Gasteiger partial charge is 0.485 e. The summed E-state index contributed by atoms with van der Waals surface area (Å²) in [5.41, 5.74) is 3.07. The SMILES string of the molecule is C=CC(=O)COc1ccc(/C=C/OC(=O)c2ccc(-c3ccc(OCC(=O)C=C)cc3)cc2)cc1. The molecule has 0 bridgehead atoms. The van der Waals surface area contributed by atoms with E-state index in [9.17, 15) is 14.4 Å². The van der Waals surface area contributed by atoms with Crippen LogP contribution >= 0.6 is 0 Å². The number of carbonyl (C=O) groups excluding carboxylic acids is 3. The molecule has 0 aliphatic heterocycles. The average Bonchev–Trinajstić information content (AvgIpc) is 2.91. The molecule has 0 aliphatic carbocycles. The first-order valence-corrected chi connectivity index (χ1v) is 10.7. The fraction of sp³-hybridized carbons (Fsp3) is 0.0690. The van der Waals surface area contributed by atoms with Gasteiger partial charge in [-0.2, -0.15) is 0 Å². The summed E-state index contributed by atoms with van der Waals surface area (Å²) >= 11 is 0. The standard InChI is InChI=1S/C29H24O6/c1-3-25(30)19-34-27-13-5-21(6-14-27)17-18-33-29(32)24-9-7-22(8-10-24)23-11-15-28(16-12-23)35-20-26(31)4-2/h3-18H,1-2,19-20H2/b18-17+. The molecule has 0 atom stereocenters. The van der Waals surface area contributed by atoms with Gasteiger partial charge in [-0.1, -0.05) is 49.6 Å². The zero-order chi connectivity index (χ0) is 25.0. The molecule has 0 N–H and O–H groups in total. The van der Waals surface area contributed by atoms with Crippen LogP contribution in [0.25, 0.3) is 17.2 Å². The number of hydrogen-bond acceptors (Lipinski definition) is 6. The Morgan fingerprint density at radius 1 is 0.657 bits per heavy atom. The van der Waals surface area contributed by atoms with Gasteiger partial charge in [-0.05, 0) is 71.3 Å². The van der Waals surface area contributed by atoms with Gasteiger partial charge in [0.1, 0.15) is 11.5 Å². The van der Waals surface area contributed by atoms with Gasteiger partial charge in [0.25, 0.3) is 0 Å². The smallest absolute Gasteiger partial charge is 0.342 e. The third-order valence-electron chi connectivity index (χ3n) is 4.84. The Kier molecular flexibility index (Phi) is 8.91. The van der Waals surface area contributed by atoms with Gasteiger partial charge in [-0.25, -0.2) is 4.79 Å². The minimum absolute atomic E-state index is 0.0495. The van der Waals surface area contributed by atoms with E-state index >= 15 is 0 Å². The van der Waals surface area contributed by atoms with Crippen LogP contribution in [0.1, 0.15) is 15.9 Å². The van der Waals surface area contributed by atoms with E-state index < -0.39 is 5.97 Å². The van der Waals surface area contributed by atoms with Crippen LogP contribution in [0.3, 0.4) is 0 Å². The summed E-state index contributed by atoms with van der Waals surface area (Å²) in [7, 11) is 0. The molecule has 35 heavy (non-hydrogen) atoms. The van der Waals surface area contributed by atoms with Crippen LogP contribution < -0.4 is 9.47 Å². The van der Waals surface area contributed by atoms with E-state index in [0.29, 0.717) is 17.1 Å². The second kappa shape index (κ2) is 12.5. The van der Waals surface area contributed by atoms with Gasteiger partial charge >= 0.3 is 5.97 Å². The number of carbonyl (C=O) groups is 3. The fourth-order valence-corrected chi connectivity index (χ4v) is 2.89. The third-order valence-corrected chi connectivity index (χ3v) is 4.84. The molecule has 0 spiro atoms. The highest BCUT2D eigenvalue weighted by Crippen LogP contribution is 2.23. The zero-order valence-corrected chi connectivity index (χ0v) is 19.0. The summed E-state index contributed by atoms with van der Waals surface area (Å²) in [6, 6.07) is 21.3. The first-order valence-electron chi connectivity index (χ1n) is 10.7. The van der Waals surface area contributed by atoms with Gasteiger partial charge in [0, 0.05) is 0 Å². The Morgan fingerprint density at radius 2 is 1.11 bits per heavy atom. The van der Waals surface area contributed by atoms with Crippen LogP contribution in [-0.2, 0) is 14.3 Å². The van der Waals surface area contributed by atoms with Gasteiger partial charge in [-0.3, -0.25) is 9.59 Å². The van der Waals surface area contributed by atoms with Gasteiger partial charge in [0.15, 0.2) is 24.8 Å². The maximum absolute atomic E-state index is 12.3. The third kappa shape index (κ3) is 7.68. The molecule has 176 valence electrons. The molecule has 3 rings (SSSR count). The highest BCUT2D eigenvalue weighted by atomic mass is 16.5. The van der Waals surface area contributed by atoms with Crippen LogP contribution in [0.4, 0.5) is 0 Å². The molecular weight excluding hydrogens is 444 g/mol. The molecular formula is C29H24O6. The van der Waals surface area contributed by atoms with Crippen molar-refractivity contribution >= 4 is 23.6 Å². The number of ketones is 2. The van der Waals surface area contributed by atoms with Crippen LogP contribution in [0, 0.1) is 0 Å². The van der Waals surface area contributed by atoms with Crippen molar-refractivity contribution in [2.24, 2.45) is 0 Å². The predicted molar refractivity (Wildman–Crippen MR) is 134 cm³/mol. The van der Waals surface area contributed by atoms with Crippen LogP contribution in [-0.4, -0.2) is 30.7 Å². The average molecular weight is 469 g/mol. The zero-order valence-electron chi connectivity index (χ0n) is 19.0. The van der Waals surface area contributed by atoms with Crippen molar-refractivity contribution in [1.29, 1.82) is 0 Å². The van der Waals surface area contributed by atoms with Crippen molar-refractivity contribution in [3.63, 3.8) is 0 Å². The maximum atomic E-state index is 12.3. The molecule has 0 saturated heterocycles. The molecule has 0 fully saturated rings. The van der Waals surface area contributed by atoms with Crippen molar-refractivity contribution in [3.8, 4) is 22.6 Å². The van der Waals surface area contributed by atoms with Gasteiger partial charge < -0.3 is 14.2 Å². The van der Waals surface area contributed by atoms with Crippen LogP contribution in [0.15, 0.2) is 104 Å². The van der Waals surface area contributed by atoms with E-state index in [1.54, 1.807) is 54.6 Å². The highest BCUT2D eigenvalue weighted by Gasteiger charge is 2.07. The quantitative estimate of drug-likeness (QED) is 0.200. The minimum Gasteiger partial charge on any atom is -0.485 e. The molecule has 6 heteroatoms. The molecule has 0 radical (unpaired) electrons. The molecule has 0 unspecified atom stereocenters. The summed E-state index contributed by atoms with van der Waals surface area (Å²) in [4.78, 5) is 34.8. The summed E-state index contributed by atoms with van der Waals surface area (Å²) < 4.78 is 15.9. The lowest BCUT2D eigenvalue weighted by Gasteiger charge is -2.07. The molecule has 0 amide bonds. The molecule has 0 aliphatic rings. The van der Waals surface area contributed by atoms with E-state index in [1.807, 2.05) is 24.3 Å². The highest BCUT2D eigenvalue weighted by molar-refractivity contribution is 5.91. The van der Waals surface area contributed by atoms with E-state index in [4.69, 9.17) is 14.2 Å². The fourth-order valence-electron chi connectivity index (χ4n) is 2.89. The predicted octanol–water partition coefficient (Wildman–Crippen LogP) is 5.45. The Hall–Kier alpha value is -4.71. The number of hydrogen-bond donors (Lipinski definition) is 0. The lowest BCUT2D eigenvalue weighted by atomic mass is 10.0. The van der Waals surface area contributed by atoms with E-state index in [1.165, 1.54) is 18.4 Å². The van der Waals surface area contributed by atoms with Crippen molar-refractivity contribution in [1.82, 2.24) is 0 Å². The normalized spacial score (nSPS) is 10.4. The van der Waals surface area contributed by atoms with Crippen molar-refractivity contribution in [2.75, 3.05) is 13.2 Å². The Bertz CT molecular complexity index is 1220. The first kappa shape index (κ1) is 24.9. The number of benzene rings is 3. The lowest BCUT2D eigenvalue weighted by molar-refractivity contribution is -0.117. The van der Waals surface area contributed by atoms with E-state index in [2.05, 4.69) is 13.2 Å². The van der Waals surface area contributed by atoms with Crippen LogP contribution in [0.5, 0.6) is 11.5 Å². The summed E-state index contributed by atoms with van der Waals surface area (Å²) in [6.07, 6.45) is 5.41. The Morgan fingerprint density at radius 3 is 1.60 bits per heavy atom. The molecule has 3 aromatic rings. The van der Waals surface area contributed by atoms with Gasteiger partial charge in [0.2, 0.25) is 0 Å². The summed E-state index contributed by atoms with van der Waals surface area (Å²) in [5, 5.41) is 0. The molecule has 0 heterocycles. The molecule has 3 aromatic carbocycles. The van der Waals surface area contributed by atoms with Crippen molar-refractivity contribution in [3.05, 3.63) is 115 Å². The minimum atomic E-state index is -0.480. The first-order chi connectivity index (χ1) is 17.0. The number of rotatable bonds is 12. The van der Waals surface area contributed by atoms with E-state index in [-0.39, 0.29) is 24.8 Å². The molecule has 6 nitrogen and oxygen atoms in total. The Balaban J connectivity index is 1.52. The van der Waals surface area contributed by atoms with Crippen molar-refractivity contribution in [2.45, 2.75) is 0 Å². The van der Waals surface area contributed by atoms with E-state index in [0.717, 1.165) is 16.7 Å². The molecule has 0 saturated carbocycles. The second-order valence-electron chi connectivity index (χ2n) is 7.30. The monoisotopic (exact) mass is 468 g/mol. The van der Waals surface area contributed by atoms with Crippen molar-refractivity contribution < 1.29 is 28.6 Å². The Labute approximate surface area is 203 Å². The maximum Gasteiger partial charge on any atom is 0.342 e. The molecule has 0 aromatic heterocycles. The van der Waals surface area contributed by atoms with Gasteiger partial charge in [0.05, 0.1) is 11.8 Å². The second-order valence-corrected chi connectivity index (χ2v) is 7.30. The summed E-state index contributed by atoms with van der Waals surface area (Å²) in [6.45, 7) is 6.69. The van der Waals surface area contributed by atoms with Gasteiger partial charge in [-0.15, -0.1) is 0 Å². The lowest BCUT2D eigenvalue weighted by Crippen LogP contribution is -2.07. The number of esters is 1. The summed E-state index contributed by atoms with van der Waals surface area (Å²) in [5.74, 6) is 0.272. The van der Waals surface area contributed by atoms with Crippen LogP contribution in [0.2, 0.25) is 0 Å². The topological polar surface area (TPSA) is 78.9 Å².